The third-order valence-corrected chi connectivity index (χ3v) is 14.1. The summed E-state index contributed by atoms with van der Waals surface area (Å²) in [6.07, 6.45) is 0. The molecule has 0 N–H and O–H groups in total. The smallest absolute Gasteiger partial charge is 0.0775 e. The van der Waals surface area contributed by atoms with Gasteiger partial charge in [-0.2, -0.15) is 0 Å². The molecule has 0 spiro atoms. The van der Waals surface area contributed by atoms with Crippen LogP contribution >= 0.6 is 0 Å². The SMILES string of the molecule is C[Si](C)(C)c1ccc(N(c2ccccc2)c2cc3c(c4ccccc24)-c2ccc(N(c4ccccc4)c4ccccc4)cc2C3(c2ccccc2)c2ccccc2)cc1. The predicted octanol–water partition coefficient (Wildman–Crippen LogP) is 14.7. The van der Waals surface area contributed by atoms with Gasteiger partial charge in [0, 0.05) is 33.8 Å². The third kappa shape index (κ3) is 6.18. The molecule has 9 aromatic carbocycles. The van der Waals surface area contributed by atoms with Gasteiger partial charge in [0.15, 0.2) is 0 Å². The summed E-state index contributed by atoms with van der Waals surface area (Å²) in [4.78, 5) is 4.85. The molecule has 284 valence electrons. The summed E-state index contributed by atoms with van der Waals surface area (Å²) in [6.45, 7) is 7.25. The van der Waals surface area contributed by atoms with Crippen LogP contribution in [0, 0.1) is 0 Å². The molecule has 0 amide bonds. The van der Waals surface area contributed by atoms with Crippen molar-refractivity contribution in [3.8, 4) is 11.1 Å². The van der Waals surface area contributed by atoms with Crippen LogP contribution in [0.1, 0.15) is 22.3 Å². The summed E-state index contributed by atoms with van der Waals surface area (Å²) in [5.41, 5.74) is 13.7. The standard InChI is InChI=1S/C56H46N2Si/c1-59(2,3)48-36-33-46(34-37-48)58(45-29-17-8-18-30-45)54-40-53-55(50-32-20-19-31-49(50)54)51-38-35-47(57(43-25-13-6-14-26-43)44-27-15-7-16-28-44)39-52(51)56(53,41-21-9-4-10-22-41)42-23-11-5-12-24-42/h4-40H,1-3H3. The minimum atomic E-state index is -1.52. The van der Waals surface area contributed by atoms with Gasteiger partial charge in [0.1, 0.15) is 0 Å². The van der Waals surface area contributed by atoms with Crippen molar-refractivity contribution in [2.75, 3.05) is 9.80 Å². The van der Waals surface area contributed by atoms with Crippen LogP contribution in [0.3, 0.4) is 0 Å². The van der Waals surface area contributed by atoms with E-state index >= 15 is 0 Å². The van der Waals surface area contributed by atoms with E-state index in [0.29, 0.717) is 0 Å². The maximum Gasteiger partial charge on any atom is 0.0775 e. The lowest BCUT2D eigenvalue weighted by atomic mass is 9.67. The molecule has 0 saturated carbocycles. The average Bonchev–Trinajstić information content (AvgIpc) is 3.58. The summed E-state index contributed by atoms with van der Waals surface area (Å²) in [6, 6.07) is 82.7. The van der Waals surface area contributed by atoms with Gasteiger partial charge < -0.3 is 9.80 Å². The molecule has 0 saturated heterocycles. The highest BCUT2D eigenvalue weighted by molar-refractivity contribution is 6.88. The molecule has 0 heterocycles. The van der Waals surface area contributed by atoms with Crippen molar-refractivity contribution in [2.24, 2.45) is 0 Å². The van der Waals surface area contributed by atoms with Crippen LogP contribution in [0.25, 0.3) is 21.9 Å². The van der Waals surface area contributed by atoms with Gasteiger partial charge >= 0.3 is 0 Å². The maximum atomic E-state index is 2.52. The van der Waals surface area contributed by atoms with Crippen molar-refractivity contribution in [3.63, 3.8) is 0 Å². The lowest BCUT2D eigenvalue weighted by molar-refractivity contribution is 0.769. The van der Waals surface area contributed by atoms with Crippen molar-refractivity contribution in [1.29, 1.82) is 0 Å². The van der Waals surface area contributed by atoms with E-state index in [-0.39, 0.29) is 0 Å². The van der Waals surface area contributed by atoms with E-state index in [0.717, 1.165) is 34.1 Å². The quantitative estimate of drug-likeness (QED) is 0.135. The monoisotopic (exact) mass is 774 g/mol. The predicted molar refractivity (Wildman–Crippen MR) is 254 cm³/mol. The van der Waals surface area contributed by atoms with Crippen molar-refractivity contribution < 1.29 is 0 Å². The lowest BCUT2D eigenvalue weighted by Gasteiger charge is -2.36. The van der Waals surface area contributed by atoms with Crippen molar-refractivity contribution in [1.82, 2.24) is 0 Å². The number of hydrogen-bond donors (Lipinski definition) is 0. The summed E-state index contributed by atoms with van der Waals surface area (Å²) in [5.74, 6) is 0. The topological polar surface area (TPSA) is 6.48 Å². The third-order valence-electron chi connectivity index (χ3n) is 12.1. The highest BCUT2D eigenvalue weighted by Crippen LogP contribution is 2.60. The zero-order valence-corrected chi connectivity index (χ0v) is 34.8. The Morgan fingerprint density at radius 2 is 0.780 bits per heavy atom. The summed E-state index contributed by atoms with van der Waals surface area (Å²) in [5, 5.41) is 3.91. The second-order valence-electron chi connectivity index (χ2n) is 16.6. The molecule has 0 radical (unpaired) electrons. The van der Waals surface area contributed by atoms with Gasteiger partial charge in [-0.25, -0.2) is 0 Å². The van der Waals surface area contributed by atoms with Crippen LogP contribution in [-0.4, -0.2) is 8.07 Å². The molecule has 9 aromatic rings. The van der Waals surface area contributed by atoms with Gasteiger partial charge in [0.2, 0.25) is 0 Å². The number of para-hydroxylation sites is 3. The molecular weight excluding hydrogens is 729 g/mol. The zero-order valence-electron chi connectivity index (χ0n) is 33.8. The van der Waals surface area contributed by atoms with E-state index in [1.54, 1.807) is 0 Å². The Morgan fingerprint density at radius 1 is 0.356 bits per heavy atom. The van der Waals surface area contributed by atoms with Crippen LogP contribution in [0.2, 0.25) is 19.6 Å². The van der Waals surface area contributed by atoms with E-state index in [1.807, 2.05) is 0 Å². The van der Waals surface area contributed by atoms with Crippen LogP contribution in [0.5, 0.6) is 0 Å². The van der Waals surface area contributed by atoms with Crippen molar-refractivity contribution in [2.45, 2.75) is 25.1 Å². The summed E-state index contributed by atoms with van der Waals surface area (Å²) >= 11 is 0. The Hall–Kier alpha value is -6.94. The molecular formula is C56H46N2Si. The van der Waals surface area contributed by atoms with Crippen LogP contribution in [-0.2, 0) is 5.41 Å². The zero-order chi connectivity index (χ0) is 40.0. The average molecular weight is 775 g/mol. The highest BCUT2D eigenvalue weighted by atomic mass is 28.3. The highest BCUT2D eigenvalue weighted by Gasteiger charge is 2.48. The molecule has 10 rings (SSSR count). The van der Waals surface area contributed by atoms with Gasteiger partial charge in [-0.15, -0.1) is 0 Å². The van der Waals surface area contributed by atoms with E-state index in [2.05, 4.69) is 254 Å². The Morgan fingerprint density at radius 3 is 1.29 bits per heavy atom. The largest absolute Gasteiger partial charge is 0.310 e. The van der Waals surface area contributed by atoms with E-state index in [4.69, 9.17) is 0 Å². The Kier molecular flexibility index (Phi) is 9.11. The van der Waals surface area contributed by atoms with E-state index in [9.17, 15) is 0 Å². The summed E-state index contributed by atoms with van der Waals surface area (Å²) in [7, 11) is -1.52. The molecule has 0 unspecified atom stereocenters. The number of hydrogen-bond acceptors (Lipinski definition) is 2. The molecule has 1 aliphatic carbocycles. The fraction of sp³-hybridized carbons (Fsp3) is 0.0714. The second-order valence-corrected chi connectivity index (χ2v) is 21.6. The Balaban J connectivity index is 1.31. The lowest BCUT2D eigenvalue weighted by Crippen LogP contribution is -2.37. The minimum Gasteiger partial charge on any atom is -0.310 e. The molecule has 59 heavy (non-hydrogen) atoms. The molecule has 0 bridgehead atoms. The van der Waals surface area contributed by atoms with Gasteiger partial charge in [0.25, 0.3) is 0 Å². The maximum absolute atomic E-state index is 2.52. The fourth-order valence-corrected chi connectivity index (χ4v) is 10.5. The Bertz CT molecular complexity index is 2810. The number of benzene rings is 9. The first-order valence-electron chi connectivity index (χ1n) is 20.6. The molecule has 3 heteroatoms. The molecule has 2 nitrogen and oxygen atoms in total. The number of rotatable bonds is 9. The molecule has 0 fully saturated rings. The van der Waals surface area contributed by atoms with Crippen LogP contribution < -0.4 is 15.0 Å². The van der Waals surface area contributed by atoms with Gasteiger partial charge in [-0.05, 0) is 105 Å². The van der Waals surface area contributed by atoms with Crippen LogP contribution in [0.15, 0.2) is 224 Å². The fourth-order valence-electron chi connectivity index (χ4n) is 9.35. The number of nitrogens with zero attached hydrogens (tertiary/aromatic N) is 2. The molecule has 0 aliphatic heterocycles. The van der Waals surface area contributed by atoms with E-state index in [1.165, 1.54) is 49.3 Å². The first-order valence-corrected chi connectivity index (χ1v) is 24.1. The van der Waals surface area contributed by atoms with Crippen molar-refractivity contribution in [3.05, 3.63) is 247 Å². The first-order chi connectivity index (χ1) is 28.9. The molecule has 0 atom stereocenters. The van der Waals surface area contributed by atoms with Crippen LogP contribution in [0.4, 0.5) is 34.1 Å². The van der Waals surface area contributed by atoms with Gasteiger partial charge in [0.05, 0.1) is 19.2 Å². The van der Waals surface area contributed by atoms with Gasteiger partial charge in [-0.1, -0.05) is 183 Å². The second kappa shape index (κ2) is 14.8. The number of fused-ring (bicyclic) bond motifs is 5. The molecule has 0 aromatic heterocycles. The molecule has 1 aliphatic rings. The normalized spacial score (nSPS) is 12.8. The Labute approximate surface area is 349 Å². The summed E-state index contributed by atoms with van der Waals surface area (Å²) < 4.78 is 0. The van der Waals surface area contributed by atoms with Gasteiger partial charge in [-0.3, -0.25) is 0 Å². The van der Waals surface area contributed by atoms with E-state index < -0.39 is 13.5 Å². The minimum absolute atomic E-state index is 0.634. The number of anilines is 6. The first kappa shape index (κ1) is 36.4. The van der Waals surface area contributed by atoms with Crippen molar-refractivity contribution >= 4 is 58.2 Å².